The molecule has 2 fully saturated rings. The molecule has 1 aromatic heterocycles. The maximum absolute atomic E-state index is 12.1. The average Bonchev–Trinajstić information content (AvgIpc) is 3.05. The van der Waals surface area contributed by atoms with Crippen LogP contribution in [0.4, 0.5) is 10.5 Å². The van der Waals surface area contributed by atoms with Gasteiger partial charge in [0.15, 0.2) is 0 Å². The summed E-state index contributed by atoms with van der Waals surface area (Å²) in [5.41, 5.74) is 0.0668. The van der Waals surface area contributed by atoms with Gasteiger partial charge in [0.2, 0.25) is 0 Å². The Morgan fingerprint density at radius 2 is 2.04 bits per heavy atom. The first kappa shape index (κ1) is 18.5. The van der Waals surface area contributed by atoms with Crippen molar-refractivity contribution in [3.63, 3.8) is 0 Å². The Balaban J connectivity index is 1.47. The molecule has 0 radical (unpaired) electrons. The number of rotatable bonds is 4. The van der Waals surface area contributed by atoms with E-state index in [0.29, 0.717) is 50.9 Å². The number of carbonyl (C=O) groups excluding carboxylic acids is 1. The second-order valence-electron chi connectivity index (χ2n) is 6.69. The monoisotopic (exact) mass is 384 g/mol. The number of hydrogen-bond acceptors (Lipinski definition) is 6. The quantitative estimate of drug-likeness (QED) is 0.715. The number of carbonyl (C=O) groups is 2. The van der Waals surface area contributed by atoms with Gasteiger partial charge in [-0.25, -0.2) is 9.89 Å². The standard InChI is InChI=1S/C16H21ClN4O5/c17-13-12(7-18-20-14(13)22)21-6-5-11(8-21)26-16(25)19-10-3-1-9(2-4-10)15(23)24/h7,9-11H,1-6,8H2,(H,19,25)(H,20,22)(H,23,24)/t9?,10?,11-/m1/s1. The van der Waals surface area contributed by atoms with Crippen LogP contribution in [0.15, 0.2) is 11.0 Å². The summed E-state index contributed by atoms with van der Waals surface area (Å²) in [6.45, 7) is 1.04. The second-order valence-corrected chi connectivity index (χ2v) is 7.07. The third kappa shape index (κ3) is 4.27. The highest BCUT2D eigenvalue weighted by atomic mass is 35.5. The molecule has 2 heterocycles. The molecule has 26 heavy (non-hydrogen) atoms. The average molecular weight is 385 g/mol. The SMILES string of the molecule is O=C(NC1CCC(C(=O)O)CC1)O[C@@H]1CCN(c2cn[nH]c(=O)c2Cl)C1. The van der Waals surface area contributed by atoms with E-state index in [9.17, 15) is 14.4 Å². The maximum atomic E-state index is 12.1. The third-order valence-electron chi connectivity index (χ3n) is 4.93. The van der Waals surface area contributed by atoms with E-state index in [2.05, 4.69) is 15.5 Å². The van der Waals surface area contributed by atoms with Gasteiger partial charge in [0.25, 0.3) is 5.56 Å². The molecule has 3 rings (SSSR count). The van der Waals surface area contributed by atoms with E-state index in [0.717, 1.165) is 0 Å². The van der Waals surface area contributed by atoms with Gasteiger partial charge in [0, 0.05) is 19.0 Å². The lowest BCUT2D eigenvalue weighted by Crippen LogP contribution is -2.40. The van der Waals surface area contributed by atoms with Gasteiger partial charge in [0.1, 0.15) is 11.1 Å². The van der Waals surface area contributed by atoms with E-state index in [4.69, 9.17) is 21.4 Å². The number of aliphatic carboxylic acids is 1. The molecular formula is C16H21ClN4O5. The van der Waals surface area contributed by atoms with Crippen LogP contribution in [0.25, 0.3) is 0 Å². The third-order valence-corrected chi connectivity index (χ3v) is 5.30. The minimum Gasteiger partial charge on any atom is -0.481 e. The molecule has 3 N–H and O–H groups in total. The van der Waals surface area contributed by atoms with Crippen LogP contribution < -0.4 is 15.8 Å². The van der Waals surface area contributed by atoms with Crippen molar-refractivity contribution in [2.24, 2.45) is 5.92 Å². The van der Waals surface area contributed by atoms with Gasteiger partial charge in [-0.1, -0.05) is 11.6 Å². The van der Waals surface area contributed by atoms with E-state index in [1.54, 1.807) is 0 Å². The molecule has 1 aliphatic carbocycles. The summed E-state index contributed by atoms with van der Waals surface area (Å²) in [6.07, 6.45) is 3.70. The van der Waals surface area contributed by atoms with Crippen LogP contribution >= 0.6 is 11.6 Å². The number of aromatic amines is 1. The molecule has 1 saturated heterocycles. The fourth-order valence-electron chi connectivity index (χ4n) is 3.47. The minimum atomic E-state index is -0.773. The van der Waals surface area contributed by atoms with E-state index in [1.807, 2.05) is 4.90 Å². The van der Waals surface area contributed by atoms with Gasteiger partial charge in [-0.15, -0.1) is 0 Å². The van der Waals surface area contributed by atoms with Crippen LogP contribution in [0.1, 0.15) is 32.1 Å². The van der Waals surface area contributed by atoms with Gasteiger partial charge in [-0.05, 0) is 25.7 Å². The number of carboxylic acid groups (broad SMARTS) is 1. The summed E-state index contributed by atoms with van der Waals surface area (Å²) < 4.78 is 5.45. The fraction of sp³-hybridized carbons (Fsp3) is 0.625. The predicted molar refractivity (Wildman–Crippen MR) is 93.5 cm³/mol. The van der Waals surface area contributed by atoms with E-state index in [-0.39, 0.29) is 23.1 Å². The van der Waals surface area contributed by atoms with Crippen LogP contribution in [0.5, 0.6) is 0 Å². The number of carboxylic acids is 1. The Morgan fingerprint density at radius 3 is 2.73 bits per heavy atom. The lowest BCUT2D eigenvalue weighted by Gasteiger charge is -2.27. The molecule has 1 amide bonds. The number of H-pyrrole nitrogens is 1. The lowest BCUT2D eigenvalue weighted by molar-refractivity contribution is -0.142. The first-order valence-electron chi connectivity index (χ1n) is 8.62. The topological polar surface area (TPSA) is 125 Å². The largest absolute Gasteiger partial charge is 0.481 e. The van der Waals surface area contributed by atoms with Crippen molar-refractivity contribution in [1.82, 2.24) is 15.5 Å². The number of ether oxygens (including phenoxy) is 1. The summed E-state index contributed by atoms with van der Waals surface area (Å²) in [7, 11) is 0. The number of hydrogen-bond donors (Lipinski definition) is 3. The first-order valence-corrected chi connectivity index (χ1v) is 9.00. The zero-order valence-corrected chi connectivity index (χ0v) is 14.9. The van der Waals surface area contributed by atoms with Crippen LogP contribution in [-0.4, -0.2) is 52.6 Å². The molecule has 0 unspecified atom stereocenters. The Kier molecular flexibility index (Phi) is 5.65. The number of nitrogens with zero attached hydrogens (tertiary/aromatic N) is 2. The van der Waals surface area contributed by atoms with Crippen molar-refractivity contribution >= 4 is 29.4 Å². The molecule has 0 bridgehead atoms. The predicted octanol–water partition coefficient (Wildman–Crippen LogP) is 1.37. The number of nitrogens with one attached hydrogen (secondary N) is 2. The summed E-state index contributed by atoms with van der Waals surface area (Å²) >= 11 is 6.00. The first-order chi connectivity index (χ1) is 12.4. The minimum absolute atomic E-state index is 0.0538. The van der Waals surface area contributed by atoms with Crippen molar-refractivity contribution in [3.05, 3.63) is 21.6 Å². The van der Waals surface area contributed by atoms with E-state index < -0.39 is 17.6 Å². The molecule has 0 spiro atoms. The fourth-order valence-corrected chi connectivity index (χ4v) is 3.69. The Bertz CT molecular complexity index is 732. The lowest BCUT2D eigenvalue weighted by atomic mass is 9.86. The molecule has 10 heteroatoms. The van der Waals surface area contributed by atoms with Crippen molar-refractivity contribution in [2.75, 3.05) is 18.0 Å². The van der Waals surface area contributed by atoms with E-state index in [1.165, 1.54) is 6.20 Å². The number of amides is 1. The summed E-state index contributed by atoms with van der Waals surface area (Å²) in [4.78, 5) is 36.4. The van der Waals surface area contributed by atoms with Gasteiger partial charge in [0.05, 0.1) is 24.3 Å². The normalized spacial score (nSPS) is 25.7. The number of halogens is 1. The second kappa shape index (κ2) is 7.94. The molecule has 142 valence electrons. The smallest absolute Gasteiger partial charge is 0.407 e. The molecule has 0 aromatic carbocycles. The van der Waals surface area contributed by atoms with Gasteiger partial charge < -0.3 is 20.1 Å². The summed E-state index contributed by atoms with van der Waals surface area (Å²) in [5, 5.41) is 17.9. The van der Waals surface area contributed by atoms with Crippen LogP contribution in [-0.2, 0) is 9.53 Å². The molecule has 1 aromatic rings. The van der Waals surface area contributed by atoms with Crippen molar-refractivity contribution in [3.8, 4) is 0 Å². The molecular weight excluding hydrogens is 364 g/mol. The molecule has 9 nitrogen and oxygen atoms in total. The molecule has 2 aliphatic rings. The number of aromatic nitrogens is 2. The zero-order chi connectivity index (χ0) is 18.7. The Morgan fingerprint density at radius 1 is 1.31 bits per heavy atom. The highest BCUT2D eigenvalue weighted by molar-refractivity contribution is 6.33. The van der Waals surface area contributed by atoms with Crippen LogP contribution in [0.3, 0.4) is 0 Å². The Hall–Kier alpha value is -2.29. The van der Waals surface area contributed by atoms with Gasteiger partial charge >= 0.3 is 12.1 Å². The highest BCUT2D eigenvalue weighted by Gasteiger charge is 2.30. The van der Waals surface area contributed by atoms with Crippen LogP contribution in [0.2, 0.25) is 5.02 Å². The molecule has 1 atom stereocenters. The van der Waals surface area contributed by atoms with E-state index >= 15 is 0 Å². The number of anilines is 1. The summed E-state index contributed by atoms with van der Waals surface area (Å²) in [6, 6.07) is -0.0538. The maximum Gasteiger partial charge on any atom is 0.407 e. The zero-order valence-electron chi connectivity index (χ0n) is 14.1. The molecule has 1 saturated carbocycles. The van der Waals surface area contributed by atoms with Crippen molar-refractivity contribution < 1.29 is 19.4 Å². The van der Waals surface area contributed by atoms with Crippen molar-refractivity contribution in [1.29, 1.82) is 0 Å². The molecule has 1 aliphatic heterocycles. The van der Waals surface area contributed by atoms with Gasteiger partial charge in [-0.2, -0.15) is 5.10 Å². The summed E-state index contributed by atoms with van der Waals surface area (Å²) in [5.74, 6) is -1.09. The number of alkyl carbamates (subject to hydrolysis) is 1. The van der Waals surface area contributed by atoms with Gasteiger partial charge in [-0.3, -0.25) is 9.59 Å². The Labute approximate surface area is 154 Å². The highest BCUT2D eigenvalue weighted by Crippen LogP contribution is 2.27. The van der Waals surface area contributed by atoms with Crippen LogP contribution in [0, 0.1) is 5.92 Å². The van der Waals surface area contributed by atoms with Crippen molar-refractivity contribution in [2.45, 2.75) is 44.2 Å².